The molecule has 0 bridgehead atoms. The lowest BCUT2D eigenvalue weighted by Crippen LogP contribution is -1.94. The Morgan fingerprint density at radius 1 is 0.471 bits per heavy atom. The summed E-state index contributed by atoms with van der Waals surface area (Å²) in [6, 6.07) is 59.2. The molecule has 2 aromatic heterocycles. The molecule has 0 aliphatic heterocycles. The molecule has 0 N–H and O–H groups in total. The highest BCUT2D eigenvalue weighted by atomic mass is 15.0. The fraction of sp³-hybridized carbons (Fsp3) is 0.0204. The summed E-state index contributed by atoms with van der Waals surface area (Å²) < 4.78 is 4.66. The van der Waals surface area contributed by atoms with Gasteiger partial charge in [-0.1, -0.05) is 115 Å². The molecule has 7 aromatic carbocycles. The first kappa shape index (κ1) is 30.3. The third-order valence-electron chi connectivity index (χ3n) is 9.92. The van der Waals surface area contributed by atoms with Crippen LogP contribution in [-0.2, 0) is 0 Å². The normalized spacial score (nSPS) is 12.0. The molecule has 0 unspecified atom stereocenters. The molecule has 0 amide bonds. The number of aromatic nitrogens is 2. The van der Waals surface area contributed by atoms with Crippen molar-refractivity contribution in [2.24, 2.45) is 0 Å². The first-order valence-corrected chi connectivity index (χ1v) is 17.3. The molecule has 240 valence electrons. The fourth-order valence-corrected chi connectivity index (χ4v) is 7.60. The Hall–Kier alpha value is -6.82. The summed E-state index contributed by atoms with van der Waals surface area (Å²) in [5.41, 5.74) is 13.9. The lowest BCUT2D eigenvalue weighted by atomic mass is 9.98. The molecule has 0 spiro atoms. The van der Waals surface area contributed by atoms with Gasteiger partial charge in [0.2, 0.25) is 0 Å². The second-order valence-electron chi connectivity index (χ2n) is 12.9. The van der Waals surface area contributed by atoms with Crippen molar-refractivity contribution < 1.29 is 0 Å². The van der Waals surface area contributed by atoms with E-state index < -0.39 is 0 Å². The fourth-order valence-electron chi connectivity index (χ4n) is 7.60. The van der Waals surface area contributed by atoms with Crippen LogP contribution >= 0.6 is 0 Å². The van der Waals surface area contributed by atoms with Crippen LogP contribution in [0.15, 0.2) is 182 Å². The molecule has 0 fully saturated rings. The molecule has 0 aliphatic rings. The van der Waals surface area contributed by atoms with Crippen LogP contribution < -0.4 is 0 Å². The van der Waals surface area contributed by atoms with Gasteiger partial charge in [0.1, 0.15) is 0 Å². The van der Waals surface area contributed by atoms with E-state index in [-0.39, 0.29) is 0 Å². The van der Waals surface area contributed by atoms with E-state index in [2.05, 4.69) is 185 Å². The van der Waals surface area contributed by atoms with Crippen molar-refractivity contribution in [1.29, 1.82) is 0 Å². The van der Waals surface area contributed by atoms with Gasteiger partial charge in [0.25, 0.3) is 0 Å². The Morgan fingerprint density at radius 3 is 1.29 bits per heavy atom. The summed E-state index contributed by atoms with van der Waals surface area (Å²) in [6.45, 7) is 2.03. The molecule has 0 atom stereocenters. The topological polar surface area (TPSA) is 9.86 Å². The Bertz CT molecular complexity index is 2840. The smallest absolute Gasteiger partial charge is 0.0542 e. The number of rotatable bonds is 6. The molecule has 2 heteroatoms. The molecule has 9 rings (SSSR count). The lowest BCUT2D eigenvalue weighted by molar-refractivity contribution is 1.18. The van der Waals surface area contributed by atoms with Gasteiger partial charge in [0.05, 0.1) is 27.8 Å². The van der Waals surface area contributed by atoms with Crippen molar-refractivity contribution in [3.05, 3.63) is 182 Å². The van der Waals surface area contributed by atoms with Gasteiger partial charge in [-0.15, -0.1) is 6.42 Å². The zero-order valence-corrected chi connectivity index (χ0v) is 28.3. The number of hydrogen-bond donors (Lipinski definition) is 0. The molecule has 0 saturated heterocycles. The van der Waals surface area contributed by atoms with E-state index in [0.29, 0.717) is 0 Å². The molecular formula is C49H34N2. The van der Waals surface area contributed by atoms with Crippen molar-refractivity contribution in [3.8, 4) is 51.4 Å². The summed E-state index contributed by atoms with van der Waals surface area (Å²) >= 11 is 0. The van der Waals surface area contributed by atoms with E-state index in [1.54, 1.807) is 0 Å². The van der Waals surface area contributed by atoms with E-state index >= 15 is 0 Å². The zero-order valence-electron chi connectivity index (χ0n) is 28.3. The number of nitrogens with zero attached hydrogens (tertiary/aromatic N) is 2. The number of terminal acetylenes is 1. The second-order valence-corrected chi connectivity index (χ2v) is 12.9. The van der Waals surface area contributed by atoms with Crippen LogP contribution in [0.4, 0.5) is 0 Å². The first-order chi connectivity index (χ1) is 25.2. The summed E-state index contributed by atoms with van der Waals surface area (Å²) in [5.74, 6) is 2.77. The van der Waals surface area contributed by atoms with E-state index in [1.165, 1.54) is 66.0 Å². The lowest BCUT2D eigenvalue weighted by Gasteiger charge is -2.10. The number of para-hydroxylation sites is 1. The van der Waals surface area contributed by atoms with Gasteiger partial charge in [-0.05, 0) is 107 Å². The molecule has 0 saturated carbocycles. The Kier molecular flexibility index (Phi) is 7.46. The van der Waals surface area contributed by atoms with Gasteiger partial charge in [-0.3, -0.25) is 0 Å². The predicted molar refractivity (Wildman–Crippen MR) is 218 cm³/mol. The Morgan fingerprint density at radius 2 is 0.863 bits per heavy atom. The van der Waals surface area contributed by atoms with Crippen molar-refractivity contribution in [2.75, 3.05) is 0 Å². The van der Waals surface area contributed by atoms with Crippen LogP contribution in [0.2, 0.25) is 0 Å². The van der Waals surface area contributed by atoms with Gasteiger partial charge in [-0.25, -0.2) is 0 Å². The van der Waals surface area contributed by atoms with Gasteiger partial charge in [0, 0.05) is 33.3 Å². The SMILES string of the molecule is C#C/C=C(\C=C/C)n1c2ccc(-c3ccccc3)cc2c2cc(-c3ccc4c(c3)c3cc(-c5ccccc5)ccc3n4-c3ccccc3)ccc21. The molecule has 0 aliphatic carbocycles. The maximum absolute atomic E-state index is 5.84. The van der Waals surface area contributed by atoms with Crippen molar-refractivity contribution in [2.45, 2.75) is 6.92 Å². The van der Waals surface area contributed by atoms with Crippen molar-refractivity contribution >= 4 is 49.3 Å². The third-order valence-corrected chi connectivity index (χ3v) is 9.92. The number of allylic oxidation sites excluding steroid dienone is 4. The molecule has 51 heavy (non-hydrogen) atoms. The predicted octanol–water partition coefficient (Wildman–Crippen LogP) is 12.9. The summed E-state index contributed by atoms with van der Waals surface area (Å²) in [7, 11) is 0. The van der Waals surface area contributed by atoms with E-state index in [9.17, 15) is 0 Å². The minimum atomic E-state index is 0.963. The minimum Gasteiger partial charge on any atom is -0.309 e. The molecular weight excluding hydrogens is 617 g/mol. The maximum Gasteiger partial charge on any atom is 0.0542 e. The molecule has 9 aromatic rings. The van der Waals surface area contributed by atoms with Gasteiger partial charge >= 0.3 is 0 Å². The highest BCUT2D eigenvalue weighted by Gasteiger charge is 2.17. The second kappa shape index (κ2) is 12.6. The van der Waals surface area contributed by atoms with Gasteiger partial charge in [0.15, 0.2) is 0 Å². The molecule has 2 heterocycles. The quantitative estimate of drug-likeness (QED) is 0.125. The summed E-state index contributed by atoms with van der Waals surface area (Å²) in [4.78, 5) is 0. The van der Waals surface area contributed by atoms with Crippen LogP contribution in [-0.4, -0.2) is 9.13 Å². The van der Waals surface area contributed by atoms with E-state index in [1.807, 2.05) is 19.1 Å². The third kappa shape index (κ3) is 5.16. The number of benzene rings is 7. The largest absolute Gasteiger partial charge is 0.309 e. The van der Waals surface area contributed by atoms with E-state index in [0.717, 1.165) is 22.4 Å². The first-order valence-electron chi connectivity index (χ1n) is 17.3. The van der Waals surface area contributed by atoms with Crippen LogP contribution in [0.1, 0.15) is 6.92 Å². The maximum atomic E-state index is 5.84. The van der Waals surface area contributed by atoms with E-state index in [4.69, 9.17) is 6.42 Å². The summed E-state index contributed by atoms with van der Waals surface area (Å²) in [5, 5.41) is 4.84. The summed E-state index contributed by atoms with van der Waals surface area (Å²) in [6.07, 6.45) is 11.8. The van der Waals surface area contributed by atoms with Crippen LogP contribution in [0.25, 0.3) is 88.4 Å². The van der Waals surface area contributed by atoms with Crippen LogP contribution in [0.5, 0.6) is 0 Å². The Balaban J connectivity index is 1.28. The molecule has 2 nitrogen and oxygen atoms in total. The van der Waals surface area contributed by atoms with Gasteiger partial charge in [-0.2, -0.15) is 0 Å². The molecule has 0 radical (unpaired) electrons. The minimum absolute atomic E-state index is 0.963. The average molecular weight is 651 g/mol. The van der Waals surface area contributed by atoms with Gasteiger partial charge < -0.3 is 9.13 Å². The highest BCUT2D eigenvalue weighted by molar-refractivity contribution is 6.14. The standard InChI is InChI=1S/C49H34N2/c1-3-14-40(15-4-2)50-46-26-22-36(34-16-8-5-9-17-34)30-42(46)44-32-38(24-28-47(44)50)39-25-29-49-45(33-39)43-31-37(35-18-10-6-11-19-35)23-27-48(43)51(49)41-20-12-7-13-21-41/h1,4-33H,2H3/b15-4-,40-14+. The number of fused-ring (bicyclic) bond motifs is 6. The van der Waals surface area contributed by atoms with Crippen LogP contribution in [0.3, 0.4) is 0 Å². The van der Waals surface area contributed by atoms with Crippen molar-refractivity contribution in [3.63, 3.8) is 0 Å². The number of hydrogen-bond acceptors (Lipinski definition) is 0. The average Bonchev–Trinajstić information content (AvgIpc) is 3.70. The monoisotopic (exact) mass is 650 g/mol. The highest BCUT2D eigenvalue weighted by Crippen LogP contribution is 2.40. The van der Waals surface area contributed by atoms with Crippen LogP contribution in [0, 0.1) is 12.3 Å². The zero-order chi connectivity index (χ0) is 34.3. The van der Waals surface area contributed by atoms with Crippen molar-refractivity contribution in [1.82, 2.24) is 9.13 Å². The Labute approximate surface area is 297 Å².